The Balaban J connectivity index is 1.35. The van der Waals surface area contributed by atoms with Crippen LogP contribution in [0.3, 0.4) is 0 Å². The van der Waals surface area contributed by atoms with Gasteiger partial charge in [0.1, 0.15) is 0 Å². The van der Waals surface area contributed by atoms with Gasteiger partial charge in [0.15, 0.2) is 0 Å². The molecule has 1 aromatic heterocycles. The Bertz CT molecular complexity index is 1830. The summed E-state index contributed by atoms with van der Waals surface area (Å²) in [6.45, 7) is 9.08. The molecule has 1 heteroatoms. The fraction of sp³-hybridized carbons (Fsp3) is 0.167. The number of hydrogen-bond donors (Lipinski definition) is 0. The summed E-state index contributed by atoms with van der Waals surface area (Å²) < 4.78 is 2.39. The molecule has 1 aliphatic carbocycles. The van der Waals surface area contributed by atoms with Crippen molar-refractivity contribution >= 4 is 21.8 Å². The number of nitrogens with zero attached hydrogens (tertiary/aromatic N) is 1. The van der Waals surface area contributed by atoms with E-state index in [4.69, 9.17) is 0 Å². The lowest BCUT2D eigenvalue weighted by Crippen LogP contribution is -2.14. The monoisotopic (exact) mass is 477 g/mol. The number of rotatable bonds is 3. The molecule has 1 aliphatic rings. The summed E-state index contributed by atoms with van der Waals surface area (Å²) in [6, 6.07) is 38.6. The van der Waals surface area contributed by atoms with E-state index >= 15 is 0 Å². The molecule has 0 saturated heterocycles. The maximum atomic E-state index is 2.43. The van der Waals surface area contributed by atoms with Crippen molar-refractivity contribution in [2.45, 2.75) is 39.5 Å². The van der Waals surface area contributed by atoms with Crippen molar-refractivity contribution in [1.82, 2.24) is 4.57 Å². The Morgan fingerprint density at radius 2 is 1.14 bits per heavy atom. The Kier molecular flexibility index (Phi) is 4.75. The topological polar surface area (TPSA) is 4.93 Å². The summed E-state index contributed by atoms with van der Waals surface area (Å²) in [5.74, 6) is 0. The van der Waals surface area contributed by atoms with Crippen LogP contribution in [-0.2, 0) is 11.8 Å². The minimum Gasteiger partial charge on any atom is -0.309 e. The zero-order valence-electron chi connectivity index (χ0n) is 22.0. The fourth-order valence-electron chi connectivity index (χ4n) is 6.43. The maximum Gasteiger partial charge on any atom is 0.0541 e. The molecule has 1 heterocycles. The first-order valence-corrected chi connectivity index (χ1v) is 13.2. The quantitative estimate of drug-likeness (QED) is 0.239. The lowest BCUT2D eigenvalue weighted by atomic mass is 9.82. The summed E-state index contributed by atoms with van der Waals surface area (Å²) >= 11 is 0. The van der Waals surface area contributed by atoms with E-state index in [2.05, 4.69) is 135 Å². The molecule has 0 radical (unpaired) electrons. The maximum absolute atomic E-state index is 2.43. The average Bonchev–Trinajstić information content (AvgIpc) is 3.32. The van der Waals surface area contributed by atoms with Gasteiger partial charge in [-0.25, -0.2) is 0 Å². The lowest BCUT2D eigenvalue weighted by Gasteiger charge is -2.21. The van der Waals surface area contributed by atoms with Gasteiger partial charge >= 0.3 is 0 Å². The van der Waals surface area contributed by atoms with Crippen molar-refractivity contribution in [2.24, 2.45) is 0 Å². The molecule has 6 aromatic rings. The predicted octanol–water partition coefficient (Wildman–Crippen LogP) is 9.30. The smallest absolute Gasteiger partial charge is 0.0541 e. The Labute approximate surface area is 219 Å². The van der Waals surface area contributed by atoms with Crippen LogP contribution in [-0.4, -0.2) is 4.57 Å². The second kappa shape index (κ2) is 7.95. The van der Waals surface area contributed by atoms with Crippen LogP contribution in [0.5, 0.6) is 0 Å². The summed E-state index contributed by atoms with van der Waals surface area (Å²) in [5.41, 5.74) is 14.8. The van der Waals surface area contributed by atoms with E-state index in [1.54, 1.807) is 0 Å². The third-order valence-electron chi connectivity index (χ3n) is 8.30. The molecule has 0 atom stereocenters. The standard InChI is InChI=1S/C36H31N/c1-23-10-14-32-28(18-23)29-21-25(12-15-33(29)36(32,3)4)20-26-13-17-35-31(22-26)30-19-24(2)11-16-34(30)37(35)27-8-6-5-7-9-27/h5-19,21-22H,20H2,1-4H3. The Morgan fingerprint density at radius 1 is 0.568 bits per heavy atom. The van der Waals surface area contributed by atoms with Gasteiger partial charge in [-0.3, -0.25) is 0 Å². The number of hydrogen-bond acceptors (Lipinski definition) is 0. The summed E-state index contributed by atoms with van der Waals surface area (Å²) in [6.07, 6.45) is 0.925. The number of aryl methyl sites for hydroxylation is 2. The first-order valence-electron chi connectivity index (χ1n) is 13.2. The van der Waals surface area contributed by atoms with E-state index in [1.165, 1.54) is 72.0 Å². The van der Waals surface area contributed by atoms with Crippen LogP contribution in [0.4, 0.5) is 0 Å². The van der Waals surface area contributed by atoms with Gasteiger partial charge in [0, 0.05) is 21.9 Å². The van der Waals surface area contributed by atoms with Crippen LogP contribution in [0.25, 0.3) is 38.6 Å². The molecule has 0 bridgehead atoms. The molecular weight excluding hydrogens is 446 g/mol. The SMILES string of the molecule is Cc1ccc2c(c1)-c1cc(Cc3ccc4c(c3)c3cc(C)ccc3n4-c3ccccc3)ccc1C2(C)C. The molecule has 0 unspecified atom stereocenters. The van der Waals surface area contributed by atoms with Crippen molar-refractivity contribution in [3.63, 3.8) is 0 Å². The molecule has 180 valence electrons. The summed E-state index contributed by atoms with van der Waals surface area (Å²) in [4.78, 5) is 0. The molecule has 0 aliphatic heterocycles. The first-order chi connectivity index (χ1) is 17.9. The van der Waals surface area contributed by atoms with Crippen LogP contribution in [0.2, 0.25) is 0 Å². The van der Waals surface area contributed by atoms with Gasteiger partial charge in [-0.2, -0.15) is 0 Å². The molecule has 37 heavy (non-hydrogen) atoms. The average molecular weight is 478 g/mol. The first kappa shape index (κ1) is 22.1. The minimum absolute atomic E-state index is 0.0485. The molecule has 0 N–H and O–H groups in total. The van der Waals surface area contributed by atoms with Gasteiger partial charge in [-0.15, -0.1) is 0 Å². The van der Waals surface area contributed by atoms with E-state index in [0.717, 1.165) is 6.42 Å². The predicted molar refractivity (Wildman–Crippen MR) is 157 cm³/mol. The van der Waals surface area contributed by atoms with Gasteiger partial charge in [0.2, 0.25) is 0 Å². The largest absolute Gasteiger partial charge is 0.309 e. The Morgan fingerprint density at radius 3 is 1.92 bits per heavy atom. The zero-order valence-corrected chi connectivity index (χ0v) is 22.0. The molecule has 5 aromatic carbocycles. The van der Waals surface area contributed by atoms with Crippen molar-refractivity contribution in [2.75, 3.05) is 0 Å². The van der Waals surface area contributed by atoms with Gasteiger partial charge < -0.3 is 4.57 Å². The van der Waals surface area contributed by atoms with Crippen molar-refractivity contribution in [3.05, 3.63) is 137 Å². The molecule has 0 spiro atoms. The zero-order chi connectivity index (χ0) is 25.3. The molecule has 7 rings (SSSR count). The van der Waals surface area contributed by atoms with Crippen LogP contribution in [0, 0.1) is 13.8 Å². The highest BCUT2D eigenvalue weighted by molar-refractivity contribution is 6.09. The van der Waals surface area contributed by atoms with E-state index in [1.807, 2.05) is 0 Å². The summed E-state index contributed by atoms with van der Waals surface area (Å²) in [5, 5.41) is 2.64. The van der Waals surface area contributed by atoms with Gasteiger partial charge in [0.05, 0.1) is 11.0 Å². The third kappa shape index (κ3) is 3.38. The highest BCUT2D eigenvalue weighted by atomic mass is 15.0. The third-order valence-corrected chi connectivity index (χ3v) is 8.30. The second-order valence-corrected chi connectivity index (χ2v) is 11.3. The molecule has 1 nitrogen and oxygen atoms in total. The van der Waals surface area contributed by atoms with Crippen molar-refractivity contribution < 1.29 is 0 Å². The van der Waals surface area contributed by atoms with E-state index < -0.39 is 0 Å². The minimum atomic E-state index is 0.0485. The van der Waals surface area contributed by atoms with Crippen molar-refractivity contribution in [3.8, 4) is 16.8 Å². The van der Waals surface area contributed by atoms with Crippen LogP contribution >= 0.6 is 0 Å². The van der Waals surface area contributed by atoms with Gasteiger partial charge in [-0.05, 0) is 90.0 Å². The molecule has 0 fully saturated rings. The second-order valence-electron chi connectivity index (χ2n) is 11.3. The van der Waals surface area contributed by atoms with Crippen molar-refractivity contribution in [1.29, 1.82) is 0 Å². The van der Waals surface area contributed by atoms with E-state index in [-0.39, 0.29) is 5.41 Å². The Hall–Kier alpha value is -4.10. The summed E-state index contributed by atoms with van der Waals surface area (Å²) in [7, 11) is 0. The molecular formula is C36H31N. The van der Waals surface area contributed by atoms with Gasteiger partial charge in [0.25, 0.3) is 0 Å². The van der Waals surface area contributed by atoms with Crippen LogP contribution < -0.4 is 0 Å². The molecule has 0 amide bonds. The fourth-order valence-corrected chi connectivity index (χ4v) is 6.43. The van der Waals surface area contributed by atoms with E-state index in [0.29, 0.717) is 0 Å². The number of benzene rings is 5. The highest BCUT2D eigenvalue weighted by Gasteiger charge is 2.35. The molecule has 0 saturated carbocycles. The van der Waals surface area contributed by atoms with Crippen LogP contribution in [0.15, 0.2) is 103 Å². The number of fused-ring (bicyclic) bond motifs is 6. The van der Waals surface area contributed by atoms with Gasteiger partial charge in [-0.1, -0.05) is 91.7 Å². The van der Waals surface area contributed by atoms with Crippen LogP contribution in [0.1, 0.15) is 47.2 Å². The number of aromatic nitrogens is 1. The highest BCUT2D eigenvalue weighted by Crippen LogP contribution is 2.49. The van der Waals surface area contributed by atoms with E-state index in [9.17, 15) is 0 Å². The normalized spacial score (nSPS) is 13.7. The lowest BCUT2D eigenvalue weighted by molar-refractivity contribution is 0.660. The number of para-hydroxylation sites is 1.